The van der Waals surface area contributed by atoms with Gasteiger partial charge in [0.25, 0.3) is 0 Å². The van der Waals surface area contributed by atoms with Crippen LogP contribution in [0.1, 0.15) is 32.6 Å². The number of hydrogen-bond acceptors (Lipinski definition) is 0. The van der Waals surface area contributed by atoms with Crippen LogP contribution in [-0.4, -0.2) is 10.2 Å². The van der Waals surface area contributed by atoms with Crippen LogP contribution >= 0.6 is 0 Å². The van der Waals surface area contributed by atoms with Crippen LogP contribution in [0.4, 0.5) is 0 Å². The molecule has 2 aliphatic rings. The van der Waals surface area contributed by atoms with Crippen LogP contribution in [0.25, 0.3) is 0 Å². The predicted molar refractivity (Wildman–Crippen MR) is 48.1 cm³/mol. The summed E-state index contributed by atoms with van der Waals surface area (Å²) in [5.74, 6) is 2.14. The Balaban J connectivity index is 2.23. The molecule has 2 saturated carbocycles. The molecule has 2 atom stereocenters. The van der Waals surface area contributed by atoms with Crippen molar-refractivity contribution in [3.05, 3.63) is 10.8 Å². The summed E-state index contributed by atoms with van der Waals surface area (Å²) in [5.41, 5.74) is 1.86. The van der Waals surface area contributed by atoms with Crippen LogP contribution < -0.4 is 0 Å². The summed E-state index contributed by atoms with van der Waals surface area (Å²) >= 11 is 0. The van der Waals surface area contributed by atoms with Crippen molar-refractivity contribution in [1.82, 2.24) is 0 Å². The second-order valence-corrected chi connectivity index (χ2v) is 5.61. The van der Waals surface area contributed by atoms with Crippen LogP contribution in [0, 0.1) is 11.8 Å². The van der Waals surface area contributed by atoms with E-state index in [4.69, 9.17) is 0 Å². The molecule has 2 fully saturated rings. The number of rotatable bonds is 0. The van der Waals surface area contributed by atoms with Crippen molar-refractivity contribution in [1.29, 1.82) is 0 Å². The van der Waals surface area contributed by atoms with Crippen molar-refractivity contribution in [3.63, 3.8) is 0 Å². The van der Waals surface area contributed by atoms with Gasteiger partial charge in [-0.2, -0.15) is 0 Å². The van der Waals surface area contributed by atoms with E-state index in [1.807, 2.05) is 5.57 Å². The van der Waals surface area contributed by atoms with E-state index in [2.05, 4.69) is 6.92 Å². The highest BCUT2D eigenvalue weighted by atomic mass is 28.1. The summed E-state index contributed by atoms with van der Waals surface area (Å²) in [6, 6.07) is 0. The highest BCUT2D eigenvalue weighted by molar-refractivity contribution is 6.21. The Labute approximate surface area is 66.1 Å². The molecule has 0 spiro atoms. The highest BCUT2D eigenvalue weighted by Crippen LogP contribution is 2.48. The highest BCUT2D eigenvalue weighted by Gasteiger charge is 2.35. The Hall–Kier alpha value is -0.0431. The van der Waals surface area contributed by atoms with Gasteiger partial charge >= 0.3 is 0 Å². The lowest BCUT2D eigenvalue weighted by Crippen LogP contribution is -2.00. The normalized spacial score (nSPS) is 42.9. The molecule has 1 heteroatoms. The largest absolute Gasteiger partial charge is 0.0953 e. The van der Waals surface area contributed by atoms with E-state index < -0.39 is 0 Å². The minimum atomic E-state index is 1.04. The van der Waals surface area contributed by atoms with Gasteiger partial charge in [-0.25, -0.2) is 0 Å². The Kier molecular flexibility index (Phi) is 1.48. The van der Waals surface area contributed by atoms with Crippen molar-refractivity contribution in [2.24, 2.45) is 11.8 Å². The van der Waals surface area contributed by atoms with Crippen molar-refractivity contribution < 1.29 is 0 Å². The lowest BCUT2D eigenvalue weighted by atomic mass is 9.95. The van der Waals surface area contributed by atoms with Crippen molar-refractivity contribution in [2.75, 3.05) is 0 Å². The molecule has 0 saturated heterocycles. The van der Waals surface area contributed by atoms with Gasteiger partial charge in [0.1, 0.15) is 0 Å². The maximum atomic E-state index is 2.34. The minimum Gasteiger partial charge on any atom is -0.0953 e. The summed E-state index contributed by atoms with van der Waals surface area (Å²) < 4.78 is 0. The fourth-order valence-electron chi connectivity index (χ4n) is 2.67. The Morgan fingerprint density at radius 1 is 1.50 bits per heavy atom. The zero-order valence-corrected chi connectivity index (χ0v) is 8.98. The van der Waals surface area contributed by atoms with Crippen LogP contribution in [0.5, 0.6) is 0 Å². The molecule has 2 rings (SSSR count). The smallest absolute Gasteiger partial charge is 0.0328 e. The number of hydrogen-bond donors (Lipinski definition) is 0. The third kappa shape index (κ3) is 0.877. The third-order valence-corrected chi connectivity index (χ3v) is 3.83. The maximum absolute atomic E-state index is 2.34. The first kappa shape index (κ1) is 6.65. The first-order chi connectivity index (χ1) is 4.77. The predicted octanol–water partition coefficient (Wildman–Crippen LogP) is 1.45. The molecule has 2 unspecified atom stereocenters. The van der Waals surface area contributed by atoms with Gasteiger partial charge in [0.15, 0.2) is 0 Å². The molecule has 0 aliphatic heterocycles. The quantitative estimate of drug-likeness (QED) is 0.461. The molecule has 56 valence electrons. The molecule has 10 heavy (non-hydrogen) atoms. The SMILES string of the molecule is CC([SiH3])=C1CC2CCC1C2. The standard InChI is InChI=1S/C9H16Si/c1-6(10)9-5-7-2-3-8(9)4-7/h7-8H,2-5H2,1,10H3. The lowest BCUT2D eigenvalue weighted by molar-refractivity contribution is 0.559. The second-order valence-electron chi connectivity index (χ2n) is 4.11. The molecule has 2 bridgehead atoms. The number of fused-ring (bicyclic) bond motifs is 2. The molecule has 0 N–H and O–H groups in total. The number of allylic oxidation sites excluding steroid dienone is 2. The van der Waals surface area contributed by atoms with E-state index >= 15 is 0 Å². The molecule has 0 aromatic carbocycles. The van der Waals surface area contributed by atoms with Crippen molar-refractivity contribution in [3.8, 4) is 0 Å². The molecule has 0 nitrogen and oxygen atoms in total. The molecule has 0 aromatic rings. The summed E-state index contributed by atoms with van der Waals surface area (Å²) in [6.45, 7) is 2.34. The lowest BCUT2D eigenvalue weighted by Gasteiger charge is -2.14. The fourth-order valence-corrected chi connectivity index (χ4v) is 3.28. The van der Waals surface area contributed by atoms with Gasteiger partial charge in [0.05, 0.1) is 0 Å². The monoisotopic (exact) mass is 152 g/mol. The molecular weight excluding hydrogens is 136 g/mol. The van der Waals surface area contributed by atoms with E-state index in [9.17, 15) is 0 Å². The molecule has 0 heterocycles. The van der Waals surface area contributed by atoms with Gasteiger partial charge < -0.3 is 0 Å². The van der Waals surface area contributed by atoms with Gasteiger partial charge in [0, 0.05) is 10.2 Å². The van der Waals surface area contributed by atoms with E-state index in [1.54, 1.807) is 5.20 Å². The topological polar surface area (TPSA) is 0 Å². The summed E-state index contributed by atoms with van der Waals surface area (Å²) in [7, 11) is 1.30. The molecule has 2 aliphatic carbocycles. The first-order valence-corrected chi connectivity index (χ1v) is 5.43. The third-order valence-electron chi connectivity index (χ3n) is 3.18. The van der Waals surface area contributed by atoms with Crippen LogP contribution in [-0.2, 0) is 0 Å². The average molecular weight is 152 g/mol. The van der Waals surface area contributed by atoms with Gasteiger partial charge in [-0.15, -0.1) is 0 Å². The Morgan fingerprint density at radius 3 is 2.60 bits per heavy atom. The van der Waals surface area contributed by atoms with Crippen LogP contribution in [0.15, 0.2) is 10.8 Å². The van der Waals surface area contributed by atoms with Gasteiger partial charge in [0.2, 0.25) is 0 Å². The summed E-state index contributed by atoms with van der Waals surface area (Å²) in [5, 5.41) is 1.74. The molecule has 0 radical (unpaired) electrons. The van der Waals surface area contributed by atoms with Crippen molar-refractivity contribution in [2.45, 2.75) is 32.6 Å². The fraction of sp³-hybridized carbons (Fsp3) is 0.778. The van der Waals surface area contributed by atoms with Crippen molar-refractivity contribution >= 4 is 10.2 Å². The Bertz CT molecular complexity index is 177. The molecule has 0 aromatic heterocycles. The molecule has 0 amide bonds. The van der Waals surface area contributed by atoms with Gasteiger partial charge in [-0.1, -0.05) is 10.8 Å². The van der Waals surface area contributed by atoms with Gasteiger partial charge in [-0.3, -0.25) is 0 Å². The second kappa shape index (κ2) is 2.23. The molecular formula is C9H16Si. The van der Waals surface area contributed by atoms with Crippen LogP contribution in [0.3, 0.4) is 0 Å². The van der Waals surface area contributed by atoms with E-state index in [1.165, 1.54) is 35.9 Å². The maximum Gasteiger partial charge on any atom is 0.0328 e. The summed E-state index contributed by atoms with van der Waals surface area (Å²) in [4.78, 5) is 0. The van der Waals surface area contributed by atoms with E-state index in [0.717, 1.165) is 11.8 Å². The average Bonchev–Trinajstić information content (AvgIpc) is 2.44. The zero-order chi connectivity index (χ0) is 7.14. The Morgan fingerprint density at radius 2 is 2.30 bits per heavy atom. The summed E-state index contributed by atoms with van der Waals surface area (Å²) in [6.07, 6.45) is 6.05. The van der Waals surface area contributed by atoms with E-state index in [-0.39, 0.29) is 0 Å². The first-order valence-electron chi connectivity index (χ1n) is 4.43. The van der Waals surface area contributed by atoms with E-state index in [0.29, 0.717) is 0 Å². The van der Waals surface area contributed by atoms with Crippen LogP contribution in [0.2, 0.25) is 0 Å². The van der Waals surface area contributed by atoms with Gasteiger partial charge in [-0.05, 0) is 44.4 Å². The minimum absolute atomic E-state index is 1.04. The zero-order valence-electron chi connectivity index (χ0n) is 6.98.